The standard InChI is InChI=1S/C20H20FNO3/c1-3-20(8-4-5-9-20)16-10-13(19(24)25-2)6-7-14(16)15-11-18(23)22-12-17(15)21/h3,6-7,10-12H,1,4-5,8-9H2,2H3,(H,22,23). The fourth-order valence-corrected chi connectivity index (χ4v) is 3.69. The van der Waals surface area contributed by atoms with E-state index >= 15 is 0 Å². The second kappa shape index (κ2) is 6.67. The molecule has 1 N–H and O–H groups in total. The highest BCUT2D eigenvalue weighted by Crippen LogP contribution is 2.46. The first-order valence-corrected chi connectivity index (χ1v) is 8.26. The van der Waals surface area contributed by atoms with E-state index in [-0.39, 0.29) is 16.5 Å². The van der Waals surface area contributed by atoms with Crippen molar-refractivity contribution in [3.63, 3.8) is 0 Å². The van der Waals surface area contributed by atoms with Crippen LogP contribution in [0.2, 0.25) is 0 Å². The zero-order chi connectivity index (χ0) is 18.0. The maximum Gasteiger partial charge on any atom is 0.337 e. The lowest BCUT2D eigenvalue weighted by molar-refractivity contribution is 0.0600. The fourth-order valence-electron chi connectivity index (χ4n) is 3.69. The van der Waals surface area contributed by atoms with Gasteiger partial charge in [0.1, 0.15) is 5.82 Å². The van der Waals surface area contributed by atoms with Gasteiger partial charge in [0.25, 0.3) is 0 Å². The third-order valence-corrected chi connectivity index (χ3v) is 5.03. The largest absolute Gasteiger partial charge is 0.465 e. The number of carbonyl (C=O) groups excluding carboxylic acids is 1. The molecule has 2 aromatic rings. The van der Waals surface area contributed by atoms with Crippen molar-refractivity contribution in [2.45, 2.75) is 31.1 Å². The van der Waals surface area contributed by atoms with Gasteiger partial charge in [0.15, 0.2) is 0 Å². The number of allylic oxidation sites excluding steroid dienone is 1. The minimum Gasteiger partial charge on any atom is -0.465 e. The van der Waals surface area contributed by atoms with E-state index in [1.807, 2.05) is 6.08 Å². The van der Waals surface area contributed by atoms with Crippen LogP contribution in [0.15, 0.2) is 47.9 Å². The zero-order valence-corrected chi connectivity index (χ0v) is 14.1. The van der Waals surface area contributed by atoms with Crippen LogP contribution in [0.1, 0.15) is 41.6 Å². The van der Waals surface area contributed by atoms with Gasteiger partial charge >= 0.3 is 5.97 Å². The number of pyridine rings is 1. The van der Waals surface area contributed by atoms with Crippen LogP contribution in [0.4, 0.5) is 4.39 Å². The molecule has 0 unspecified atom stereocenters. The Labute approximate surface area is 145 Å². The number of ether oxygens (including phenoxy) is 1. The molecule has 130 valence electrons. The van der Waals surface area contributed by atoms with Crippen LogP contribution in [-0.2, 0) is 10.2 Å². The summed E-state index contributed by atoms with van der Waals surface area (Å²) in [6.07, 6.45) is 6.76. The first kappa shape index (κ1) is 17.1. The second-order valence-electron chi connectivity index (χ2n) is 6.38. The summed E-state index contributed by atoms with van der Waals surface area (Å²) in [7, 11) is 1.32. The Kier molecular flexibility index (Phi) is 4.57. The lowest BCUT2D eigenvalue weighted by Gasteiger charge is -2.29. The predicted molar refractivity (Wildman–Crippen MR) is 94.1 cm³/mol. The first-order valence-electron chi connectivity index (χ1n) is 8.26. The molecule has 1 aliphatic carbocycles. The third-order valence-electron chi connectivity index (χ3n) is 5.03. The van der Waals surface area contributed by atoms with Crippen LogP contribution in [0.25, 0.3) is 11.1 Å². The number of methoxy groups -OCH3 is 1. The van der Waals surface area contributed by atoms with E-state index in [9.17, 15) is 14.0 Å². The molecule has 0 aliphatic heterocycles. The smallest absolute Gasteiger partial charge is 0.337 e. The fraction of sp³-hybridized carbons (Fsp3) is 0.300. The van der Waals surface area contributed by atoms with Crippen molar-refractivity contribution >= 4 is 5.97 Å². The number of aromatic nitrogens is 1. The van der Waals surface area contributed by atoms with Gasteiger partial charge in [-0.3, -0.25) is 4.79 Å². The van der Waals surface area contributed by atoms with Crippen LogP contribution in [0.3, 0.4) is 0 Å². The number of hydrogen-bond acceptors (Lipinski definition) is 3. The van der Waals surface area contributed by atoms with Crippen molar-refractivity contribution in [2.24, 2.45) is 0 Å². The minimum absolute atomic E-state index is 0.225. The normalized spacial score (nSPS) is 15.8. The van der Waals surface area contributed by atoms with Crippen molar-refractivity contribution < 1.29 is 13.9 Å². The summed E-state index contributed by atoms with van der Waals surface area (Å²) in [5, 5.41) is 0. The maximum atomic E-state index is 14.4. The summed E-state index contributed by atoms with van der Waals surface area (Å²) in [6, 6.07) is 6.27. The molecule has 0 spiro atoms. The number of benzene rings is 1. The molecule has 1 aromatic carbocycles. The minimum atomic E-state index is -0.510. The molecule has 1 heterocycles. The summed E-state index contributed by atoms with van der Waals surface area (Å²) in [6.45, 7) is 3.98. The van der Waals surface area contributed by atoms with Crippen LogP contribution in [0, 0.1) is 5.82 Å². The molecule has 5 heteroatoms. The van der Waals surface area contributed by atoms with Crippen molar-refractivity contribution in [3.05, 3.63) is 70.4 Å². The number of halogens is 1. The Bertz CT molecular complexity index is 879. The highest BCUT2D eigenvalue weighted by atomic mass is 19.1. The SMILES string of the molecule is C=CC1(c2cc(C(=O)OC)ccc2-c2cc(=O)[nH]cc2F)CCCC1. The molecule has 0 radical (unpaired) electrons. The van der Waals surface area contributed by atoms with Crippen LogP contribution in [0.5, 0.6) is 0 Å². The Balaban J connectivity index is 2.28. The molecule has 3 rings (SSSR count). The predicted octanol–water partition coefficient (Wildman–Crippen LogP) is 3.97. The topological polar surface area (TPSA) is 59.2 Å². The van der Waals surface area contributed by atoms with Gasteiger partial charge in [-0.05, 0) is 36.1 Å². The Hall–Kier alpha value is -2.69. The number of nitrogens with one attached hydrogen (secondary N) is 1. The molecule has 25 heavy (non-hydrogen) atoms. The maximum absolute atomic E-state index is 14.4. The van der Waals surface area contributed by atoms with Crippen LogP contribution < -0.4 is 5.56 Å². The van der Waals surface area contributed by atoms with Gasteiger partial charge in [0.05, 0.1) is 12.7 Å². The number of rotatable bonds is 4. The number of H-pyrrole nitrogens is 1. The van der Waals surface area contributed by atoms with Gasteiger partial charge in [-0.1, -0.05) is 25.0 Å². The van der Waals surface area contributed by atoms with Crippen molar-refractivity contribution in [1.29, 1.82) is 0 Å². The molecule has 1 fully saturated rings. The highest BCUT2D eigenvalue weighted by Gasteiger charge is 2.35. The van der Waals surface area contributed by atoms with Crippen molar-refractivity contribution in [2.75, 3.05) is 7.11 Å². The summed E-state index contributed by atoms with van der Waals surface area (Å²) in [5.74, 6) is -0.958. The molecule has 1 aliphatic rings. The summed E-state index contributed by atoms with van der Waals surface area (Å²) < 4.78 is 19.2. The molecule has 0 amide bonds. The summed E-state index contributed by atoms with van der Waals surface area (Å²) in [4.78, 5) is 26.0. The van der Waals surface area contributed by atoms with Gasteiger partial charge in [-0.15, -0.1) is 6.58 Å². The Morgan fingerprint density at radius 2 is 2.00 bits per heavy atom. The zero-order valence-electron chi connectivity index (χ0n) is 14.1. The van der Waals surface area contributed by atoms with Crippen molar-refractivity contribution in [1.82, 2.24) is 4.98 Å². The molecule has 4 nitrogen and oxygen atoms in total. The monoisotopic (exact) mass is 341 g/mol. The number of hydrogen-bond donors (Lipinski definition) is 1. The lowest BCUT2D eigenvalue weighted by Crippen LogP contribution is -2.21. The van der Waals surface area contributed by atoms with E-state index in [1.54, 1.807) is 18.2 Å². The summed E-state index contributed by atoms with van der Waals surface area (Å²) in [5.41, 5.74) is 1.33. The Morgan fingerprint density at radius 1 is 1.28 bits per heavy atom. The molecule has 1 saturated carbocycles. The van der Waals surface area contributed by atoms with Gasteiger partial charge < -0.3 is 9.72 Å². The quantitative estimate of drug-likeness (QED) is 0.676. The van der Waals surface area contributed by atoms with E-state index in [4.69, 9.17) is 4.74 Å². The molecule has 1 aromatic heterocycles. The molecule has 0 saturated heterocycles. The molecular weight excluding hydrogens is 321 g/mol. The average molecular weight is 341 g/mol. The number of carbonyl (C=O) groups is 1. The molecule has 0 atom stereocenters. The average Bonchev–Trinajstić information content (AvgIpc) is 3.13. The van der Waals surface area contributed by atoms with Gasteiger partial charge in [0.2, 0.25) is 5.56 Å². The molecular formula is C20H20FNO3. The third kappa shape index (κ3) is 3.02. The number of esters is 1. The second-order valence-corrected chi connectivity index (χ2v) is 6.38. The number of aromatic amines is 1. The summed E-state index contributed by atoms with van der Waals surface area (Å²) >= 11 is 0. The van der Waals surface area contributed by atoms with Crippen LogP contribution >= 0.6 is 0 Å². The highest BCUT2D eigenvalue weighted by molar-refractivity contribution is 5.91. The van der Waals surface area contributed by atoms with Crippen LogP contribution in [-0.4, -0.2) is 18.1 Å². The first-order chi connectivity index (χ1) is 12.0. The van der Waals surface area contributed by atoms with Gasteiger partial charge in [-0.2, -0.15) is 0 Å². The lowest BCUT2D eigenvalue weighted by atomic mass is 9.75. The molecule has 0 bridgehead atoms. The van der Waals surface area contributed by atoms with Crippen molar-refractivity contribution in [3.8, 4) is 11.1 Å². The van der Waals surface area contributed by atoms with E-state index in [2.05, 4.69) is 11.6 Å². The van der Waals surface area contributed by atoms with Gasteiger partial charge in [0, 0.05) is 23.2 Å². The van der Waals surface area contributed by atoms with E-state index in [1.165, 1.54) is 13.2 Å². The van der Waals surface area contributed by atoms with Gasteiger partial charge in [-0.25, -0.2) is 9.18 Å². The van der Waals surface area contributed by atoms with E-state index in [0.29, 0.717) is 11.1 Å². The van der Waals surface area contributed by atoms with E-state index in [0.717, 1.165) is 37.4 Å². The Morgan fingerprint density at radius 3 is 2.64 bits per heavy atom. The van der Waals surface area contributed by atoms with E-state index < -0.39 is 11.8 Å².